The van der Waals surface area contributed by atoms with Gasteiger partial charge in [0.2, 0.25) is 0 Å². The molecule has 0 bridgehead atoms. The topological polar surface area (TPSA) is 65.3 Å². The molecule has 2 aromatic rings. The third kappa shape index (κ3) is 3.16. The third-order valence-corrected chi connectivity index (χ3v) is 3.26. The number of halogens is 1. The first-order valence-electron chi connectivity index (χ1n) is 6.38. The SMILES string of the molecule is Cc1cc(OCc2ncc(C)c([N+](=O)[O-])c2C)ccc1F. The van der Waals surface area contributed by atoms with Crippen molar-refractivity contribution < 1.29 is 14.1 Å². The summed E-state index contributed by atoms with van der Waals surface area (Å²) < 4.78 is 18.7. The van der Waals surface area contributed by atoms with Gasteiger partial charge in [0.1, 0.15) is 18.2 Å². The highest BCUT2D eigenvalue weighted by atomic mass is 19.1. The Morgan fingerprint density at radius 3 is 2.62 bits per heavy atom. The molecule has 1 heterocycles. The monoisotopic (exact) mass is 290 g/mol. The van der Waals surface area contributed by atoms with Gasteiger partial charge in [-0.15, -0.1) is 0 Å². The Morgan fingerprint density at radius 2 is 2.00 bits per heavy atom. The maximum atomic E-state index is 13.2. The number of benzene rings is 1. The van der Waals surface area contributed by atoms with Gasteiger partial charge < -0.3 is 4.74 Å². The van der Waals surface area contributed by atoms with E-state index in [0.717, 1.165) is 0 Å². The molecule has 0 amide bonds. The quantitative estimate of drug-likeness (QED) is 0.637. The summed E-state index contributed by atoms with van der Waals surface area (Å²) in [5, 5.41) is 11.0. The van der Waals surface area contributed by atoms with Gasteiger partial charge in [-0.3, -0.25) is 15.1 Å². The Labute approximate surface area is 121 Å². The fourth-order valence-corrected chi connectivity index (χ4v) is 2.05. The number of nitrogens with zero attached hydrogens (tertiary/aromatic N) is 2. The van der Waals surface area contributed by atoms with Crippen molar-refractivity contribution in [2.24, 2.45) is 0 Å². The minimum absolute atomic E-state index is 0.0545. The molecule has 0 saturated heterocycles. The average Bonchev–Trinajstić information content (AvgIpc) is 2.41. The largest absolute Gasteiger partial charge is 0.487 e. The molecule has 0 fully saturated rings. The fourth-order valence-electron chi connectivity index (χ4n) is 2.05. The van der Waals surface area contributed by atoms with E-state index in [1.165, 1.54) is 18.3 Å². The van der Waals surface area contributed by atoms with E-state index in [-0.39, 0.29) is 18.1 Å². The maximum Gasteiger partial charge on any atom is 0.278 e. The Morgan fingerprint density at radius 1 is 1.29 bits per heavy atom. The lowest BCUT2D eigenvalue weighted by molar-refractivity contribution is -0.386. The molecule has 1 aromatic heterocycles. The molecular formula is C15H15FN2O3. The molecule has 21 heavy (non-hydrogen) atoms. The zero-order valence-corrected chi connectivity index (χ0v) is 12.0. The van der Waals surface area contributed by atoms with Crippen LogP contribution in [0.4, 0.5) is 10.1 Å². The van der Waals surface area contributed by atoms with Crippen molar-refractivity contribution in [1.29, 1.82) is 0 Å². The highest BCUT2D eigenvalue weighted by molar-refractivity contribution is 5.47. The summed E-state index contributed by atoms with van der Waals surface area (Å²) in [7, 11) is 0. The molecule has 0 saturated carbocycles. The first-order chi connectivity index (χ1) is 9.90. The molecule has 5 nitrogen and oxygen atoms in total. The average molecular weight is 290 g/mol. The number of hydrogen-bond donors (Lipinski definition) is 0. The van der Waals surface area contributed by atoms with Crippen LogP contribution in [0.15, 0.2) is 24.4 Å². The molecule has 110 valence electrons. The van der Waals surface area contributed by atoms with Gasteiger partial charge in [0.05, 0.1) is 16.2 Å². The van der Waals surface area contributed by atoms with Crippen molar-refractivity contribution >= 4 is 5.69 Å². The van der Waals surface area contributed by atoms with E-state index in [1.807, 2.05) is 0 Å². The van der Waals surface area contributed by atoms with Crippen molar-refractivity contribution in [3.63, 3.8) is 0 Å². The van der Waals surface area contributed by atoms with Crippen LogP contribution in [0.2, 0.25) is 0 Å². The summed E-state index contributed by atoms with van der Waals surface area (Å²) in [6, 6.07) is 4.41. The number of nitro groups is 1. The number of ether oxygens (including phenoxy) is 1. The molecule has 0 aliphatic heterocycles. The zero-order valence-electron chi connectivity index (χ0n) is 12.0. The Hall–Kier alpha value is -2.50. The molecule has 0 aliphatic rings. The highest BCUT2D eigenvalue weighted by Crippen LogP contribution is 2.25. The van der Waals surface area contributed by atoms with Crippen LogP contribution in [-0.2, 0) is 6.61 Å². The number of aromatic nitrogens is 1. The second-order valence-electron chi connectivity index (χ2n) is 4.82. The summed E-state index contributed by atoms with van der Waals surface area (Å²) in [4.78, 5) is 14.8. The van der Waals surface area contributed by atoms with E-state index in [4.69, 9.17) is 4.74 Å². The molecule has 6 heteroatoms. The second kappa shape index (κ2) is 5.87. The second-order valence-corrected chi connectivity index (χ2v) is 4.82. The first kappa shape index (κ1) is 14.9. The number of aryl methyl sites for hydroxylation is 2. The molecule has 0 unspecified atom stereocenters. The van der Waals surface area contributed by atoms with Crippen molar-refractivity contribution in [3.8, 4) is 5.75 Å². The predicted molar refractivity (Wildman–Crippen MR) is 75.8 cm³/mol. The van der Waals surface area contributed by atoms with Crippen LogP contribution in [-0.4, -0.2) is 9.91 Å². The van der Waals surface area contributed by atoms with Gasteiger partial charge in [0, 0.05) is 11.8 Å². The van der Waals surface area contributed by atoms with Gasteiger partial charge in [-0.2, -0.15) is 0 Å². The van der Waals surface area contributed by atoms with Crippen LogP contribution < -0.4 is 4.74 Å². The van der Waals surface area contributed by atoms with E-state index in [2.05, 4.69) is 4.98 Å². The standard InChI is InChI=1S/C15H15FN2O3/c1-9-6-12(4-5-13(9)16)21-8-14-11(3)15(18(19)20)10(2)7-17-14/h4-7H,8H2,1-3H3. The van der Waals surface area contributed by atoms with E-state index < -0.39 is 4.92 Å². The Balaban J connectivity index is 2.22. The summed E-state index contributed by atoms with van der Waals surface area (Å²) >= 11 is 0. The summed E-state index contributed by atoms with van der Waals surface area (Å²) in [6.07, 6.45) is 1.46. The van der Waals surface area contributed by atoms with Crippen LogP contribution in [0.25, 0.3) is 0 Å². The fraction of sp³-hybridized carbons (Fsp3) is 0.267. The van der Waals surface area contributed by atoms with Gasteiger partial charge >= 0.3 is 0 Å². The molecule has 0 radical (unpaired) electrons. The van der Waals surface area contributed by atoms with Crippen molar-refractivity contribution in [2.75, 3.05) is 0 Å². The third-order valence-electron chi connectivity index (χ3n) is 3.26. The van der Waals surface area contributed by atoms with Crippen LogP contribution in [0, 0.1) is 36.7 Å². The predicted octanol–water partition coefficient (Wildman–Crippen LogP) is 3.63. The zero-order chi connectivity index (χ0) is 15.6. The summed E-state index contributed by atoms with van der Waals surface area (Å²) in [5.41, 5.74) is 2.03. The number of rotatable bonds is 4. The van der Waals surface area contributed by atoms with Gasteiger partial charge in [-0.05, 0) is 44.5 Å². The van der Waals surface area contributed by atoms with Gasteiger partial charge in [0.15, 0.2) is 0 Å². The molecule has 0 atom stereocenters. The van der Waals surface area contributed by atoms with E-state index in [0.29, 0.717) is 28.1 Å². The number of hydrogen-bond acceptors (Lipinski definition) is 4. The van der Waals surface area contributed by atoms with Crippen molar-refractivity contribution in [2.45, 2.75) is 27.4 Å². The minimum Gasteiger partial charge on any atom is -0.487 e. The number of pyridine rings is 1. The van der Waals surface area contributed by atoms with Crippen LogP contribution >= 0.6 is 0 Å². The smallest absolute Gasteiger partial charge is 0.278 e. The van der Waals surface area contributed by atoms with E-state index >= 15 is 0 Å². The lowest BCUT2D eigenvalue weighted by Gasteiger charge is -2.10. The Kier molecular flexibility index (Phi) is 4.16. The molecule has 0 aliphatic carbocycles. The van der Waals surface area contributed by atoms with Crippen molar-refractivity contribution in [3.05, 3.63) is 62.7 Å². The summed E-state index contributed by atoms with van der Waals surface area (Å²) in [6.45, 7) is 5.03. The minimum atomic E-state index is -0.419. The van der Waals surface area contributed by atoms with Gasteiger partial charge in [-0.25, -0.2) is 4.39 Å². The molecule has 2 rings (SSSR count). The van der Waals surface area contributed by atoms with E-state index in [1.54, 1.807) is 26.8 Å². The Bertz CT molecular complexity index is 702. The normalized spacial score (nSPS) is 10.5. The van der Waals surface area contributed by atoms with Gasteiger partial charge in [0.25, 0.3) is 5.69 Å². The van der Waals surface area contributed by atoms with Gasteiger partial charge in [-0.1, -0.05) is 0 Å². The van der Waals surface area contributed by atoms with Crippen LogP contribution in [0.5, 0.6) is 5.75 Å². The molecule has 0 spiro atoms. The highest BCUT2D eigenvalue weighted by Gasteiger charge is 2.18. The van der Waals surface area contributed by atoms with Crippen LogP contribution in [0.3, 0.4) is 0 Å². The first-order valence-corrected chi connectivity index (χ1v) is 6.38. The van der Waals surface area contributed by atoms with Crippen molar-refractivity contribution in [1.82, 2.24) is 4.98 Å². The lowest BCUT2D eigenvalue weighted by Crippen LogP contribution is -2.05. The lowest BCUT2D eigenvalue weighted by atomic mass is 10.1. The maximum absolute atomic E-state index is 13.2. The molecule has 0 N–H and O–H groups in total. The van der Waals surface area contributed by atoms with E-state index in [9.17, 15) is 14.5 Å². The molecule has 1 aromatic carbocycles. The van der Waals surface area contributed by atoms with Crippen LogP contribution in [0.1, 0.15) is 22.4 Å². The molecular weight excluding hydrogens is 275 g/mol. The summed E-state index contributed by atoms with van der Waals surface area (Å²) in [5.74, 6) is 0.195.